The number of para-hydroxylation sites is 1. The van der Waals surface area contributed by atoms with Crippen molar-refractivity contribution in [2.75, 3.05) is 13.7 Å². The van der Waals surface area contributed by atoms with Crippen molar-refractivity contribution in [2.45, 2.75) is 44.6 Å². The summed E-state index contributed by atoms with van der Waals surface area (Å²) in [7, 11) is 1.66. The van der Waals surface area contributed by atoms with Gasteiger partial charge in [-0.25, -0.2) is 0 Å². The van der Waals surface area contributed by atoms with Gasteiger partial charge in [-0.15, -0.1) is 0 Å². The minimum Gasteiger partial charge on any atom is -0.496 e. The first-order valence-electron chi connectivity index (χ1n) is 9.23. The predicted molar refractivity (Wildman–Crippen MR) is 101 cm³/mol. The van der Waals surface area contributed by atoms with Crippen LogP contribution in [0.4, 0.5) is 0 Å². The lowest BCUT2D eigenvalue weighted by molar-refractivity contribution is -0.132. The highest BCUT2D eigenvalue weighted by molar-refractivity contribution is 5.80. The van der Waals surface area contributed by atoms with Crippen LogP contribution in [0.1, 0.15) is 36.8 Å². The van der Waals surface area contributed by atoms with E-state index in [0.29, 0.717) is 12.5 Å². The van der Waals surface area contributed by atoms with Gasteiger partial charge in [-0.2, -0.15) is 0 Å². The Labute approximate surface area is 150 Å². The minimum atomic E-state index is 0.215. The molecule has 0 spiro atoms. The van der Waals surface area contributed by atoms with Crippen LogP contribution in [0.25, 0.3) is 0 Å². The van der Waals surface area contributed by atoms with Gasteiger partial charge in [0.2, 0.25) is 5.91 Å². The van der Waals surface area contributed by atoms with E-state index in [0.717, 1.165) is 37.1 Å². The quantitative estimate of drug-likeness (QED) is 0.756. The third-order valence-corrected chi connectivity index (χ3v) is 5.10. The Bertz CT molecular complexity index is 677. The van der Waals surface area contributed by atoms with Crippen LogP contribution in [-0.2, 0) is 17.6 Å². The summed E-state index contributed by atoms with van der Waals surface area (Å²) in [5.41, 5.74) is 2.26. The van der Waals surface area contributed by atoms with Gasteiger partial charge in [0.05, 0.1) is 13.5 Å². The second-order valence-electron chi connectivity index (χ2n) is 6.75. The summed E-state index contributed by atoms with van der Waals surface area (Å²) in [6.45, 7) is 0.794. The van der Waals surface area contributed by atoms with Crippen LogP contribution in [0.15, 0.2) is 54.6 Å². The molecular weight excluding hydrogens is 310 g/mol. The number of nitrogens with zero attached hydrogens (tertiary/aromatic N) is 1. The third kappa shape index (κ3) is 4.62. The zero-order valence-electron chi connectivity index (χ0n) is 15.0. The number of methoxy groups -OCH3 is 1. The fourth-order valence-corrected chi connectivity index (χ4v) is 3.73. The average molecular weight is 337 g/mol. The molecule has 0 radical (unpaired) electrons. The Hall–Kier alpha value is -2.29. The number of rotatable bonds is 7. The molecule has 0 aliphatic heterocycles. The van der Waals surface area contributed by atoms with Gasteiger partial charge < -0.3 is 9.64 Å². The first-order valence-corrected chi connectivity index (χ1v) is 9.23. The summed E-state index contributed by atoms with van der Waals surface area (Å²) in [6, 6.07) is 18.6. The first kappa shape index (κ1) is 17.5. The summed E-state index contributed by atoms with van der Waals surface area (Å²) in [6.07, 6.45) is 6.05. The smallest absolute Gasteiger partial charge is 0.227 e. The number of ether oxygens (including phenoxy) is 1. The highest BCUT2D eigenvalue weighted by atomic mass is 16.5. The van der Waals surface area contributed by atoms with Gasteiger partial charge >= 0.3 is 0 Å². The molecule has 132 valence electrons. The lowest BCUT2D eigenvalue weighted by Gasteiger charge is -2.29. The maximum atomic E-state index is 13.1. The van der Waals surface area contributed by atoms with Crippen molar-refractivity contribution >= 4 is 5.91 Å². The van der Waals surface area contributed by atoms with Crippen LogP contribution in [-0.4, -0.2) is 30.5 Å². The summed E-state index contributed by atoms with van der Waals surface area (Å²) < 4.78 is 5.41. The molecule has 1 aliphatic rings. The molecule has 0 heterocycles. The van der Waals surface area contributed by atoms with Crippen molar-refractivity contribution in [3.8, 4) is 5.75 Å². The largest absolute Gasteiger partial charge is 0.496 e. The molecule has 1 amide bonds. The summed E-state index contributed by atoms with van der Waals surface area (Å²) in [5, 5.41) is 0. The van der Waals surface area contributed by atoms with Crippen LogP contribution in [0, 0.1) is 0 Å². The minimum absolute atomic E-state index is 0.215. The predicted octanol–water partition coefficient (Wildman–Crippen LogP) is 4.25. The van der Waals surface area contributed by atoms with Crippen molar-refractivity contribution in [1.82, 2.24) is 4.90 Å². The SMILES string of the molecule is COc1ccccc1CC(=O)N(CCc1ccccc1)C1CCCC1. The van der Waals surface area contributed by atoms with E-state index in [1.807, 2.05) is 30.3 Å². The van der Waals surface area contributed by atoms with Crippen LogP contribution >= 0.6 is 0 Å². The lowest BCUT2D eigenvalue weighted by Crippen LogP contribution is -2.41. The lowest BCUT2D eigenvalue weighted by atomic mass is 10.1. The molecule has 2 aromatic rings. The van der Waals surface area contributed by atoms with Gasteiger partial charge in [0.1, 0.15) is 5.75 Å². The van der Waals surface area contributed by atoms with Gasteiger partial charge in [0, 0.05) is 18.2 Å². The number of hydrogen-bond acceptors (Lipinski definition) is 2. The van der Waals surface area contributed by atoms with E-state index in [1.165, 1.54) is 18.4 Å². The highest BCUT2D eigenvalue weighted by Gasteiger charge is 2.26. The number of hydrogen-bond donors (Lipinski definition) is 0. The zero-order valence-corrected chi connectivity index (χ0v) is 15.0. The molecule has 0 bridgehead atoms. The van der Waals surface area contributed by atoms with Crippen molar-refractivity contribution in [3.63, 3.8) is 0 Å². The molecule has 1 saturated carbocycles. The monoisotopic (exact) mass is 337 g/mol. The average Bonchev–Trinajstić information content (AvgIpc) is 3.17. The molecule has 0 N–H and O–H groups in total. The van der Waals surface area contributed by atoms with Crippen LogP contribution < -0.4 is 4.74 Å². The third-order valence-electron chi connectivity index (χ3n) is 5.10. The second kappa shape index (κ2) is 8.70. The van der Waals surface area contributed by atoms with Crippen molar-refractivity contribution in [1.29, 1.82) is 0 Å². The van der Waals surface area contributed by atoms with E-state index in [2.05, 4.69) is 29.2 Å². The van der Waals surface area contributed by atoms with Crippen LogP contribution in [0.5, 0.6) is 5.75 Å². The van der Waals surface area contributed by atoms with E-state index < -0.39 is 0 Å². The van der Waals surface area contributed by atoms with E-state index in [1.54, 1.807) is 7.11 Å². The Balaban J connectivity index is 1.70. The molecular formula is C22H27NO2. The molecule has 3 heteroatoms. The Morgan fingerprint density at radius 1 is 1.04 bits per heavy atom. The van der Waals surface area contributed by atoms with E-state index in [4.69, 9.17) is 4.74 Å². The summed E-state index contributed by atoms with van der Waals surface area (Å²) in [5.74, 6) is 1.01. The van der Waals surface area contributed by atoms with Gasteiger partial charge in [-0.3, -0.25) is 4.79 Å². The number of amides is 1. The molecule has 0 atom stereocenters. The number of carbonyl (C=O) groups is 1. The van der Waals surface area contributed by atoms with E-state index in [-0.39, 0.29) is 5.91 Å². The van der Waals surface area contributed by atoms with Crippen molar-refractivity contribution in [2.24, 2.45) is 0 Å². The molecule has 3 nitrogen and oxygen atoms in total. The van der Waals surface area contributed by atoms with Gasteiger partial charge in [-0.1, -0.05) is 61.4 Å². The Kier molecular flexibility index (Phi) is 6.10. The molecule has 2 aromatic carbocycles. The van der Waals surface area contributed by atoms with Gasteiger partial charge in [0.15, 0.2) is 0 Å². The highest BCUT2D eigenvalue weighted by Crippen LogP contribution is 2.26. The molecule has 0 saturated heterocycles. The number of carbonyl (C=O) groups excluding carboxylic acids is 1. The van der Waals surface area contributed by atoms with Crippen molar-refractivity contribution < 1.29 is 9.53 Å². The zero-order chi connectivity index (χ0) is 17.5. The van der Waals surface area contributed by atoms with Gasteiger partial charge in [0.25, 0.3) is 0 Å². The maximum Gasteiger partial charge on any atom is 0.227 e. The van der Waals surface area contributed by atoms with E-state index in [9.17, 15) is 4.79 Å². The first-order chi connectivity index (χ1) is 12.3. The Morgan fingerprint density at radius 3 is 2.44 bits per heavy atom. The summed E-state index contributed by atoms with van der Waals surface area (Å²) >= 11 is 0. The second-order valence-corrected chi connectivity index (χ2v) is 6.75. The fourth-order valence-electron chi connectivity index (χ4n) is 3.73. The standard InChI is InChI=1S/C22H27NO2/c1-25-21-14-8-5-11-19(21)17-22(24)23(20-12-6-7-13-20)16-15-18-9-3-2-4-10-18/h2-5,8-11,14,20H,6-7,12-13,15-17H2,1H3. The normalized spacial score (nSPS) is 14.4. The maximum absolute atomic E-state index is 13.1. The molecule has 3 rings (SSSR count). The summed E-state index contributed by atoms with van der Waals surface area (Å²) in [4.78, 5) is 15.2. The van der Waals surface area contributed by atoms with E-state index >= 15 is 0 Å². The molecule has 1 fully saturated rings. The number of benzene rings is 2. The Morgan fingerprint density at radius 2 is 1.72 bits per heavy atom. The topological polar surface area (TPSA) is 29.5 Å². The van der Waals surface area contributed by atoms with Crippen LogP contribution in [0.3, 0.4) is 0 Å². The molecule has 25 heavy (non-hydrogen) atoms. The van der Waals surface area contributed by atoms with Crippen molar-refractivity contribution in [3.05, 3.63) is 65.7 Å². The molecule has 0 aromatic heterocycles. The molecule has 1 aliphatic carbocycles. The van der Waals surface area contributed by atoms with Gasteiger partial charge in [-0.05, 0) is 30.9 Å². The van der Waals surface area contributed by atoms with Crippen LogP contribution in [0.2, 0.25) is 0 Å². The fraction of sp³-hybridized carbons (Fsp3) is 0.409. The molecule has 0 unspecified atom stereocenters.